The lowest BCUT2D eigenvalue weighted by atomic mass is 9.78. The van der Waals surface area contributed by atoms with E-state index < -0.39 is 52.0 Å². The standard InChI is InChI=1S/C32H35F3N4O5S/c1-45(42,43)18-27(40)38-29-24(21-6-4-2-3-5-20(17-36)7-8-21)12-14-37-26-16-31(39-30(41)28(26)29)13-11-22-15-23(9-10-25(22)31)44-19-32(33,34)35/h5-10,15,24,30,39,41H,2-4,11-14,16,18-19H2,1H3,(H,38,40)/b8-7?,20-5-,21-6?/t24?,30?,31-/m0/s1. The second kappa shape index (κ2) is 12.9. The van der Waals surface area contributed by atoms with Crippen molar-refractivity contribution < 1.29 is 36.2 Å². The third kappa shape index (κ3) is 7.74. The number of fused-ring (bicyclic) bond motifs is 3. The maximum Gasteiger partial charge on any atom is 0.422 e. The van der Waals surface area contributed by atoms with E-state index in [-0.39, 0.29) is 5.75 Å². The number of rotatable bonds is 6. The highest BCUT2D eigenvalue weighted by atomic mass is 32.2. The molecule has 0 radical (unpaired) electrons. The number of aliphatic imine (C=N–C) groups is 1. The van der Waals surface area contributed by atoms with E-state index in [1.807, 2.05) is 18.2 Å². The number of nitrogens with zero attached hydrogens (tertiary/aromatic N) is 2. The zero-order valence-electron chi connectivity index (χ0n) is 24.8. The summed E-state index contributed by atoms with van der Waals surface area (Å²) in [4.78, 5) is 17.9. The molecule has 240 valence electrons. The Labute approximate surface area is 260 Å². The molecule has 1 saturated heterocycles. The van der Waals surface area contributed by atoms with Crippen LogP contribution in [-0.2, 0) is 26.6 Å². The Balaban J connectivity index is 1.52. The van der Waals surface area contributed by atoms with Crippen LogP contribution in [0.4, 0.5) is 13.2 Å². The van der Waals surface area contributed by atoms with Crippen molar-refractivity contribution in [3.05, 3.63) is 76.0 Å². The fraction of sp³-hybridized carbons (Fsp3) is 0.469. The maximum absolute atomic E-state index is 13.0. The zero-order chi connectivity index (χ0) is 32.4. The first-order valence-electron chi connectivity index (χ1n) is 14.8. The van der Waals surface area contributed by atoms with Crippen LogP contribution in [-0.4, -0.2) is 62.7 Å². The average Bonchev–Trinajstić information content (AvgIpc) is 3.24. The van der Waals surface area contributed by atoms with E-state index in [9.17, 15) is 36.8 Å². The van der Waals surface area contributed by atoms with E-state index in [4.69, 9.17) is 9.73 Å². The Hall–Kier alpha value is -3.73. The molecule has 1 aromatic carbocycles. The summed E-state index contributed by atoms with van der Waals surface area (Å²) in [5.74, 6) is -1.81. The minimum atomic E-state index is -4.46. The van der Waals surface area contributed by atoms with E-state index in [2.05, 4.69) is 16.7 Å². The smallest absolute Gasteiger partial charge is 0.422 e. The van der Waals surface area contributed by atoms with Crippen LogP contribution in [0.1, 0.15) is 49.7 Å². The summed E-state index contributed by atoms with van der Waals surface area (Å²) in [5.41, 5.74) is 3.50. The van der Waals surface area contributed by atoms with Gasteiger partial charge in [-0.2, -0.15) is 18.4 Å². The highest BCUT2D eigenvalue weighted by molar-refractivity contribution is 7.91. The van der Waals surface area contributed by atoms with Crippen LogP contribution < -0.4 is 15.4 Å². The summed E-state index contributed by atoms with van der Waals surface area (Å²) in [7, 11) is -3.65. The monoisotopic (exact) mass is 644 g/mol. The quantitative estimate of drug-likeness (QED) is 0.424. The van der Waals surface area contributed by atoms with E-state index >= 15 is 0 Å². The Morgan fingerprint density at radius 1 is 1.27 bits per heavy atom. The van der Waals surface area contributed by atoms with Crippen LogP contribution in [0.25, 0.3) is 0 Å². The van der Waals surface area contributed by atoms with E-state index in [0.717, 1.165) is 35.8 Å². The molecule has 1 amide bonds. The molecule has 0 saturated carbocycles. The van der Waals surface area contributed by atoms with Gasteiger partial charge in [-0.3, -0.25) is 15.1 Å². The summed E-state index contributed by atoms with van der Waals surface area (Å²) in [6.07, 6.45) is 6.81. The topological polar surface area (TPSA) is 141 Å². The number of halogens is 3. The number of nitriles is 1. The fourth-order valence-electron chi connectivity index (χ4n) is 6.56. The number of piperidine rings is 1. The number of carbonyl (C=O) groups excluding carboxylic acids is 1. The lowest BCUT2D eigenvalue weighted by Crippen LogP contribution is -2.55. The molecule has 3 N–H and O–H groups in total. The summed E-state index contributed by atoms with van der Waals surface area (Å²) in [6, 6.07) is 6.97. The predicted octanol–water partition coefficient (Wildman–Crippen LogP) is 4.07. The SMILES string of the molecule is CS(=O)(=O)CC(=O)NC1=C2C(=NCCC1C1=CCCC/C=C(\C#N)C=C1)C[C@]1(CCc3cc(OCC(F)(F)F)ccc31)NC2O. The van der Waals surface area contributed by atoms with E-state index in [0.29, 0.717) is 61.2 Å². The molecule has 2 aliphatic carbocycles. The van der Waals surface area contributed by atoms with Crippen LogP contribution in [0.15, 0.2) is 69.9 Å². The van der Waals surface area contributed by atoms with Crippen LogP contribution in [0.2, 0.25) is 0 Å². The number of hydrogen-bond donors (Lipinski definition) is 3. The average molecular weight is 645 g/mol. The van der Waals surface area contributed by atoms with Gasteiger partial charge >= 0.3 is 6.18 Å². The molecular weight excluding hydrogens is 609 g/mol. The predicted molar refractivity (Wildman–Crippen MR) is 162 cm³/mol. The van der Waals surface area contributed by atoms with Crippen molar-refractivity contribution in [2.24, 2.45) is 10.9 Å². The largest absolute Gasteiger partial charge is 0.484 e. The molecule has 0 bridgehead atoms. The van der Waals surface area contributed by atoms with Crippen molar-refractivity contribution in [2.75, 3.05) is 25.2 Å². The lowest BCUT2D eigenvalue weighted by Gasteiger charge is -2.41. The Morgan fingerprint density at radius 3 is 2.78 bits per heavy atom. The molecule has 45 heavy (non-hydrogen) atoms. The van der Waals surface area contributed by atoms with Crippen molar-refractivity contribution in [2.45, 2.75) is 62.9 Å². The van der Waals surface area contributed by atoms with Gasteiger partial charge in [-0.05, 0) is 73.4 Å². The minimum absolute atomic E-state index is 0.108. The molecular formula is C32H35F3N4O5S. The number of aliphatic hydroxyl groups is 1. The van der Waals surface area contributed by atoms with Crippen LogP contribution in [0, 0.1) is 17.2 Å². The van der Waals surface area contributed by atoms with E-state index in [1.165, 1.54) is 6.07 Å². The van der Waals surface area contributed by atoms with Crippen molar-refractivity contribution in [1.82, 2.24) is 10.6 Å². The third-order valence-corrected chi connectivity index (χ3v) is 9.23. The molecule has 4 aliphatic rings. The molecule has 1 spiro atoms. The highest BCUT2D eigenvalue weighted by Crippen LogP contribution is 2.46. The summed E-state index contributed by atoms with van der Waals surface area (Å²) < 4.78 is 67.0. The van der Waals surface area contributed by atoms with Gasteiger partial charge in [0.15, 0.2) is 16.4 Å². The number of benzene rings is 1. The van der Waals surface area contributed by atoms with Gasteiger partial charge in [-0.25, -0.2) is 8.42 Å². The summed E-state index contributed by atoms with van der Waals surface area (Å²) >= 11 is 0. The number of ether oxygens (including phenoxy) is 1. The number of alkyl halides is 3. The number of allylic oxidation sites excluding steroid dienone is 6. The van der Waals surface area contributed by atoms with Crippen molar-refractivity contribution in [3.8, 4) is 11.8 Å². The van der Waals surface area contributed by atoms with Gasteiger partial charge in [0, 0.05) is 47.7 Å². The van der Waals surface area contributed by atoms with Gasteiger partial charge in [0.05, 0.1) is 11.6 Å². The fourth-order valence-corrected chi connectivity index (χ4v) is 7.11. The number of sulfone groups is 1. The minimum Gasteiger partial charge on any atom is -0.484 e. The molecule has 2 aliphatic heterocycles. The molecule has 1 aromatic rings. The Kier molecular flexibility index (Phi) is 9.39. The lowest BCUT2D eigenvalue weighted by molar-refractivity contribution is -0.153. The molecule has 5 rings (SSSR count). The van der Waals surface area contributed by atoms with Gasteiger partial charge in [-0.15, -0.1) is 0 Å². The van der Waals surface area contributed by atoms with Crippen LogP contribution in [0.3, 0.4) is 0 Å². The van der Waals surface area contributed by atoms with Gasteiger partial charge in [0.1, 0.15) is 17.7 Å². The Bertz CT molecular complexity index is 1670. The molecule has 13 heteroatoms. The van der Waals surface area contributed by atoms with E-state index in [1.54, 1.807) is 18.2 Å². The number of aliphatic hydroxyl groups excluding tert-OH is 1. The molecule has 0 aromatic heterocycles. The van der Waals surface area contributed by atoms with Crippen molar-refractivity contribution in [1.29, 1.82) is 5.26 Å². The molecule has 2 unspecified atom stereocenters. The molecule has 3 atom stereocenters. The van der Waals surface area contributed by atoms with Gasteiger partial charge in [0.25, 0.3) is 0 Å². The van der Waals surface area contributed by atoms with Gasteiger partial charge in [-0.1, -0.05) is 24.3 Å². The maximum atomic E-state index is 13.0. The Morgan fingerprint density at radius 2 is 2.04 bits per heavy atom. The first-order chi connectivity index (χ1) is 21.3. The number of amides is 1. The first-order valence-corrected chi connectivity index (χ1v) is 16.9. The number of carbonyl (C=O) groups is 1. The number of nitrogens with one attached hydrogen (secondary N) is 2. The number of hydrogen-bond acceptors (Lipinski definition) is 8. The van der Waals surface area contributed by atoms with Crippen LogP contribution >= 0.6 is 0 Å². The molecule has 2 heterocycles. The summed E-state index contributed by atoms with van der Waals surface area (Å²) in [5, 5.41) is 27.4. The zero-order valence-corrected chi connectivity index (χ0v) is 25.6. The first kappa shape index (κ1) is 32.7. The third-order valence-electron chi connectivity index (χ3n) is 8.45. The molecule has 9 nitrogen and oxygen atoms in total. The van der Waals surface area contributed by atoms with Gasteiger partial charge < -0.3 is 15.2 Å². The second-order valence-corrected chi connectivity index (χ2v) is 14.0. The van der Waals surface area contributed by atoms with Crippen molar-refractivity contribution >= 4 is 21.5 Å². The van der Waals surface area contributed by atoms with Crippen molar-refractivity contribution in [3.63, 3.8) is 0 Å². The highest BCUT2D eigenvalue weighted by Gasteiger charge is 2.48. The normalized spacial score (nSPS) is 26.5. The van der Waals surface area contributed by atoms with Gasteiger partial charge in [0.2, 0.25) is 5.91 Å². The second-order valence-electron chi connectivity index (χ2n) is 11.9. The summed E-state index contributed by atoms with van der Waals surface area (Å²) in [6.45, 7) is -1.03. The molecule has 1 fully saturated rings. The number of aryl methyl sites for hydroxylation is 1. The van der Waals surface area contributed by atoms with Crippen LogP contribution in [0.5, 0.6) is 5.75 Å².